The summed E-state index contributed by atoms with van der Waals surface area (Å²) < 4.78 is 15.7. The average Bonchev–Trinajstić information content (AvgIpc) is 3.01. The second kappa shape index (κ2) is 6.63. The number of nitrogens with one attached hydrogen (secondary N) is 1. The molecule has 0 spiro atoms. The summed E-state index contributed by atoms with van der Waals surface area (Å²) in [6.45, 7) is 1.08. The van der Waals surface area contributed by atoms with Crippen LogP contribution < -0.4 is 5.32 Å². The summed E-state index contributed by atoms with van der Waals surface area (Å²) in [5.74, 6) is -0.433. The third-order valence-corrected chi connectivity index (χ3v) is 4.69. The quantitative estimate of drug-likeness (QED) is 0.758. The molecule has 3 aromatic rings. The lowest BCUT2D eigenvalue weighted by atomic mass is 10.00. The van der Waals surface area contributed by atoms with Crippen LogP contribution in [0.5, 0.6) is 0 Å². The molecule has 0 saturated heterocycles. The van der Waals surface area contributed by atoms with Gasteiger partial charge in [0.25, 0.3) is 0 Å². The monoisotopic (exact) mass is 350 g/mol. The van der Waals surface area contributed by atoms with Gasteiger partial charge in [-0.1, -0.05) is 18.2 Å². The van der Waals surface area contributed by atoms with Gasteiger partial charge in [0.15, 0.2) is 0 Å². The highest BCUT2D eigenvalue weighted by atomic mass is 19.1. The zero-order valence-electron chi connectivity index (χ0n) is 14.4. The molecule has 0 fully saturated rings. The van der Waals surface area contributed by atoms with Crippen molar-refractivity contribution >= 4 is 28.3 Å². The number of rotatable bonds is 2. The van der Waals surface area contributed by atoms with Crippen molar-refractivity contribution in [3.63, 3.8) is 0 Å². The van der Waals surface area contributed by atoms with Gasteiger partial charge in [-0.25, -0.2) is 14.2 Å². The summed E-state index contributed by atoms with van der Waals surface area (Å²) in [5, 5.41) is 3.75. The molecular formula is C20H19FN4O. The molecule has 0 saturated carbocycles. The topological polar surface area (TPSA) is 50.2 Å². The van der Waals surface area contributed by atoms with Gasteiger partial charge in [0.2, 0.25) is 0 Å². The smallest absolute Gasteiger partial charge is 0.322 e. The number of anilines is 1. The van der Waals surface area contributed by atoms with Crippen molar-refractivity contribution in [1.29, 1.82) is 0 Å². The van der Waals surface area contributed by atoms with Crippen molar-refractivity contribution in [2.24, 2.45) is 7.05 Å². The van der Waals surface area contributed by atoms with E-state index in [1.165, 1.54) is 11.6 Å². The number of hydrogen-bond donors (Lipinski definition) is 1. The van der Waals surface area contributed by atoms with Gasteiger partial charge in [0.05, 0.1) is 5.69 Å². The standard InChI is InChI=1S/C20H19FN4O/c1-24-13-16(15-5-4-10-22-19(15)24)14-8-11-25(12-9-14)20(26)23-18-7-3-2-6-17(18)21/h2-8,10,13H,9,11-12H2,1H3,(H,23,26). The zero-order valence-corrected chi connectivity index (χ0v) is 14.4. The first-order valence-corrected chi connectivity index (χ1v) is 8.53. The number of fused-ring (bicyclic) bond motifs is 1. The lowest BCUT2D eigenvalue weighted by Gasteiger charge is -2.26. The van der Waals surface area contributed by atoms with Gasteiger partial charge in [-0.2, -0.15) is 0 Å². The summed E-state index contributed by atoms with van der Waals surface area (Å²) >= 11 is 0. The largest absolute Gasteiger partial charge is 0.335 e. The number of amides is 2. The zero-order chi connectivity index (χ0) is 18.1. The van der Waals surface area contributed by atoms with Crippen molar-refractivity contribution < 1.29 is 9.18 Å². The maximum atomic E-state index is 13.7. The van der Waals surface area contributed by atoms with Gasteiger partial charge < -0.3 is 14.8 Å². The number of nitrogens with zero attached hydrogens (tertiary/aromatic N) is 3. The minimum Gasteiger partial charge on any atom is -0.335 e. The molecule has 1 aliphatic rings. The van der Waals surface area contributed by atoms with Gasteiger partial charge in [0.1, 0.15) is 11.5 Å². The van der Waals surface area contributed by atoms with Crippen molar-refractivity contribution in [2.75, 3.05) is 18.4 Å². The van der Waals surface area contributed by atoms with Gasteiger partial charge in [-0.05, 0) is 36.3 Å². The maximum absolute atomic E-state index is 13.7. The number of urea groups is 1. The number of benzene rings is 1. The van der Waals surface area contributed by atoms with Gasteiger partial charge >= 0.3 is 6.03 Å². The predicted molar refractivity (Wildman–Crippen MR) is 100 cm³/mol. The van der Waals surface area contributed by atoms with Gasteiger partial charge in [0, 0.05) is 43.5 Å². The van der Waals surface area contributed by atoms with Crippen LogP contribution in [0.2, 0.25) is 0 Å². The van der Waals surface area contributed by atoms with E-state index in [9.17, 15) is 9.18 Å². The van der Waals surface area contributed by atoms with E-state index in [0.29, 0.717) is 13.1 Å². The Bertz CT molecular complexity index is 1010. The molecule has 0 unspecified atom stereocenters. The molecule has 0 aliphatic carbocycles. The first-order chi connectivity index (χ1) is 12.6. The van der Waals surface area contributed by atoms with Crippen molar-refractivity contribution in [1.82, 2.24) is 14.5 Å². The minimum absolute atomic E-state index is 0.201. The van der Waals surface area contributed by atoms with Crippen LogP contribution in [0.15, 0.2) is 54.9 Å². The molecule has 1 aromatic carbocycles. The number of pyridine rings is 1. The number of carbonyl (C=O) groups is 1. The Labute approximate surface area is 150 Å². The second-order valence-corrected chi connectivity index (χ2v) is 6.36. The lowest BCUT2D eigenvalue weighted by Crippen LogP contribution is -2.38. The Hall–Kier alpha value is -3.15. The first kappa shape index (κ1) is 16.3. The maximum Gasteiger partial charge on any atom is 0.322 e. The fraction of sp³-hybridized carbons (Fsp3) is 0.200. The van der Waals surface area contributed by atoms with Gasteiger partial charge in [-0.15, -0.1) is 0 Å². The van der Waals surface area contributed by atoms with E-state index in [-0.39, 0.29) is 11.7 Å². The van der Waals surface area contributed by atoms with E-state index in [2.05, 4.69) is 28.6 Å². The normalized spacial score (nSPS) is 14.4. The number of aryl methyl sites for hydroxylation is 1. The highest BCUT2D eigenvalue weighted by Gasteiger charge is 2.20. The molecule has 6 heteroatoms. The number of halogens is 1. The SMILES string of the molecule is Cn1cc(C2=CCN(C(=O)Nc3ccccc3F)CC2)c2cccnc21. The minimum atomic E-state index is -0.433. The van der Waals surface area contributed by atoms with E-state index in [4.69, 9.17) is 0 Å². The molecule has 1 aliphatic heterocycles. The Morgan fingerprint density at radius 1 is 1.23 bits per heavy atom. The first-order valence-electron chi connectivity index (χ1n) is 8.53. The van der Waals surface area contributed by atoms with E-state index in [0.717, 1.165) is 23.0 Å². The lowest BCUT2D eigenvalue weighted by molar-refractivity contribution is 0.217. The molecule has 2 amide bonds. The Balaban J connectivity index is 1.51. The molecule has 0 radical (unpaired) electrons. The van der Waals surface area contributed by atoms with E-state index in [1.807, 2.05) is 17.7 Å². The van der Waals surface area contributed by atoms with Crippen molar-refractivity contribution in [2.45, 2.75) is 6.42 Å². The van der Waals surface area contributed by atoms with Crippen LogP contribution >= 0.6 is 0 Å². The molecule has 0 bridgehead atoms. The molecule has 2 aromatic heterocycles. The highest BCUT2D eigenvalue weighted by molar-refractivity contribution is 5.93. The molecule has 0 atom stereocenters. The third-order valence-electron chi connectivity index (χ3n) is 4.69. The summed E-state index contributed by atoms with van der Waals surface area (Å²) in [6.07, 6.45) is 6.68. The predicted octanol–water partition coefficient (Wildman–Crippen LogP) is 4.03. The number of hydrogen-bond acceptors (Lipinski definition) is 2. The second-order valence-electron chi connectivity index (χ2n) is 6.36. The van der Waals surface area contributed by atoms with Crippen molar-refractivity contribution in [3.05, 3.63) is 66.2 Å². The Morgan fingerprint density at radius 2 is 2.08 bits per heavy atom. The highest BCUT2D eigenvalue weighted by Crippen LogP contribution is 2.29. The van der Waals surface area contributed by atoms with Crippen LogP contribution in [0.25, 0.3) is 16.6 Å². The molecule has 3 heterocycles. The van der Waals surface area contributed by atoms with Crippen LogP contribution in [-0.2, 0) is 7.05 Å². The summed E-state index contributed by atoms with van der Waals surface area (Å²) in [5.41, 5.74) is 3.51. The fourth-order valence-corrected chi connectivity index (χ4v) is 3.32. The molecular weight excluding hydrogens is 331 g/mol. The van der Waals surface area contributed by atoms with Crippen LogP contribution in [-0.4, -0.2) is 33.6 Å². The van der Waals surface area contributed by atoms with Crippen LogP contribution in [0.4, 0.5) is 14.9 Å². The molecule has 26 heavy (non-hydrogen) atoms. The Kier molecular flexibility index (Phi) is 4.16. The fourth-order valence-electron chi connectivity index (χ4n) is 3.32. The van der Waals surface area contributed by atoms with E-state index < -0.39 is 5.82 Å². The third kappa shape index (κ3) is 2.94. The number of para-hydroxylation sites is 1. The molecule has 1 N–H and O–H groups in total. The molecule has 5 nitrogen and oxygen atoms in total. The van der Waals surface area contributed by atoms with E-state index >= 15 is 0 Å². The van der Waals surface area contributed by atoms with Crippen molar-refractivity contribution in [3.8, 4) is 0 Å². The van der Waals surface area contributed by atoms with Crippen LogP contribution in [0.3, 0.4) is 0 Å². The summed E-state index contributed by atoms with van der Waals surface area (Å²) in [4.78, 5) is 18.5. The number of carbonyl (C=O) groups excluding carboxylic acids is 1. The number of aromatic nitrogens is 2. The summed E-state index contributed by atoms with van der Waals surface area (Å²) in [6, 6.07) is 9.89. The van der Waals surface area contributed by atoms with E-state index in [1.54, 1.807) is 29.3 Å². The Morgan fingerprint density at radius 3 is 2.85 bits per heavy atom. The van der Waals surface area contributed by atoms with Gasteiger partial charge in [-0.3, -0.25) is 0 Å². The summed E-state index contributed by atoms with van der Waals surface area (Å²) in [7, 11) is 1.98. The molecule has 4 rings (SSSR count). The average molecular weight is 350 g/mol. The van der Waals surface area contributed by atoms with Crippen LogP contribution in [0, 0.1) is 5.82 Å². The molecule has 132 valence electrons. The van der Waals surface area contributed by atoms with Crippen LogP contribution in [0.1, 0.15) is 12.0 Å².